The van der Waals surface area contributed by atoms with Crippen LogP contribution in [0.3, 0.4) is 0 Å². The van der Waals surface area contributed by atoms with Crippen molar-refractivity contribution >= 4 is 17.2 Å². The van der Waals surface area contributed by atoms with Crippen molar-refractivity contribution in [2.45, 2.75) is 0 Å². The zero-order valence-electron chi connectivity index (χ0n) is 6.57. The summed E-state index contributed by atoms with van der Waals surface area (Å²) in [5.74, 6) is 1.70. The van der Waals surface area contributed by atoms with Crippen molar-refractivity contribution in [1.82, 2.24) is 4.98 Å². The Morgan fingerprint density at radius 1 is 1.58 bits per heavy atom. The fraction of sp³-hybridized carbons (Fsp3) is 0.125. The van der Waals surface area contributed by atoms with E-state index in [4.69, 9.17) is 4.42 Å². The third-order valence-corrected chi connectivity index (χ3v) is 2.35. The highest BCUT2D eigenvalue weighted by molar-refractivity contribution is 7.13. The van der Waals surface area contributed by atoms with E-state index in [2.05, 4.69) is 10.3 Å². The Bertz CT molecular complexity index is 353. The molecule has 0 spiro atoms. The highest BCUT2D eigenvalue weighted by Crippen LogP contribution is 2.25. The first-order chi connectivity index (χ1) is 5.90. The topological polar surface area (TPSA) is 38.1 Å². The highest BCUT2D eigenvalue weighted by Gasteiger charge is 2.04. The third-order valence-electron chi connectivity index (χ3n) is 1.49. The van der Waals surface area contributed by atoms with E-state index in [9.17, 15) is 0 Å². The molecule has 0 radical (unpaired) electrons. The maximum Gasteiger partial charge on any atom is 0.162 e. The van der Waals surface area contributed by atoms with E-state index in [1.807, 2.05) is 24.6 Å². The van der Waals surface area contributed by atoms with Gasteiger partial charge in [0, 0.05) is 12.4 Å². The molecular formula is C8H8N2OS. The van der Waals surface area contributed by atoms with E-state index in [1.165, 1.54) is 0 Å². The van der Waals surface area contributed by atoms with Crippen LogP contribution in [0.2, 0.25) is 0 Å². The summed E-state index contributed by atoms with van der Waals surface area (Å²) < 4.78 is 5.20. The Morgan fingerprint density at radius 3 is 3.08 bits per heavy atom. The summed E-state index contributed by atoms with van der Waals surface area (Å²) in [6, 6.07) is 3.76. The minimum absolute atomic E-state index is 0.821. The molecule has 0 saturated heterocycles. The second-order valence-corrected chi connectivity index (χ2v) is 3.12. The van der Waals surface area contributed by atoms with E-state index in [0.717, 1.165) is 16.6 Å². The summed E-state index contributed by atoms with van der Waals surface area (Å²) >= 11 is 1.56. The lowest BCUT2D eigenvalue weighted by Gasteiger charge is -1.88. The van der Waals surface area contributed by atoms with Gasteiger partial charge in [-0.1, -0.05) is 0 Å². The van der Waals surface area contributed by atoms with Crippen LogP contribution in [0.1, 0.15) is 0 Å². The molecule has 3 nitrogen and oxygen atoms in total. The number of furan rings is 1. The van der Waals surface area contributed by atoms with Crippen molar-refractivity contribution in [3.05, 3.63) is 23.8 Å². The molecule has 0 aliphatic heterocycles. The van der Waals surface area contributed by atoms with E-state index >= 15 is 0 Å². The molecule has 2 aromatic rings. The first kappa shape index (κ1) is 7.36. The van der Waals surface area contributed by atoms with Gasteiger partial charge in [-0.25, -0.2) is 4.98 Å². The maximum atomic E-state index is 5.20. The SMILES string of the molecule is CNc1csc(-c2ccco2)n1. The van der Waals surface area contributed by atoms with E-state index in [0.29, 0.717) is 0 Å². The van der Waals surface area contributed by atoms with Gasteiger partial charge in [0.2, 0.25) is 0 Å². The molecule has 0 aromatic carbocycles. The van der Waals surface area contributed by atoms with Gasteiger partial charge in [0.1, 0.15) is 5.82 Å². The highest BCUT2D eigenvalue weighted by atomic mass is 32.1. The van der Waals surface area contributed by atoms with Gasteiger partial charge in [-0.15, -0.1) is 11.3 Å². The number of nitrogens with one attached hydrogen (secondary N) is 1. The lowest BCUT2D eigenvalue weighted by atomic mass is 10.5. The average molecular weight is 180 g/mol. The molecule has 0 aliphatic carbocycles. The van der Waals surface area contributed by atoms with Crippen LogP contribution >= 0.6 is 11.3 Å². The quantitative estimate of drug-likeness (QED) is 0.771. The number of rotatable bonds is 2. The van der Waals surface area contributed by atoms with Gasteiger partial charge in [-0.05, 0) is 12.1 Å². The largest absolute Gasteiger partial charge is 0.462 e. The Kier molecular flexibility index (Phi) is 1.83. The zero-order valence-corrected chi connectivity index (χ0v) is 7.39. The van der Waals surface area contributed by atoms with Gasteiger partial charge in [0.05, 0.1) is 6.26 Å². The Morgan fingerprint density at radius 2 is 2.50 bits per heavy atom. The summed E-state index contributed by atoms with van der Waals surface area (Å²) in [7, 11) is 1.85. The van der Waals surface area contributed by atoms with E-state index in [1.54, 1.807) is 17.6 Å². The molecule has 0 atom stereocenters. The number of nitrogens with zero attached hydrogens (tertiary/aromatic N) is 1. The molecule has 12 heavy (non-hydrogen) atoms. The van der Waals surface area contributed by atoms with Crippen LogP contribution in [0, 0.1) is 0 Å². The number of aromatic nitrogens is 1. The lowest BCUT2D eigenvalue weighted by molar-refractivity contribution is 0.582. The van der Waals surface area contributed by atoms with Gasteiger partial charge in [0.25, 0.3) is 0 Å². The van der Waals surface area contributed by atoms with Crippen LogP contribution in [-0.4, -0.2) is 12.0 Å². The fourth-order valence-corrected chi connectivity index (χ4v) is 1.68. The first-order valence-corrected chi connectivity index (χ1v) is 4.45. The van der Waals surface area contributed by atoms with Crippen LogP contribution in [0.15, 0.2) is 28.2 Å². The number of thiazole rings is 1. The molecule has 2 rings (SSSR count). The Hall–Kier alpha value is -1.29. The standard InChI is InChI=1S/C8H8N2OS/c1-9-7-5-12-8(10-7)6-3-2-4-11-6/h2-5,9H,1H3. The fourth-order valence-electron chi connectivity index (χ4n) is 0.902. The summed E-state index contributed by atoms with van der Waals surface area (Å²) in [5.41, 5.74) is 0. The van der Waals surface area contributed by atoms with E-state index in [-0.39, 0.29) is 0 Å². The van der Waals surface area contributed by atoms with Gasteiger partial charge >= 0.3 is 0 Å². The predicted octanol–water partition coefficient (Wildman–Crippen LogP) is 2.44. The Balaban J connectivity index is 2.35. The van der Waals surface area contributed by atoms with Crippen molar-refractivity contribution < 1.29 is 4.42 Å². The normalized spacial score (nSPS) is 10.1. The van der Waals surface area contributed by atoms with Gasteiger partial charge in [-0.3, -0.25) is 0 Å². The van der Waals surface area contributed by atoms with Crippen LogP contribution in [0.4, 0.5) is 5.82 Å². The maximum absolute atomic E-state index is 5.20. The lowest BCUT2D eigenvalue weighted by Crippen LogP contribution is -1.86. The third kappa shape index (κ3) is 1.21. The minimum Gasteiger partial charge on any atom is -0.462 e. The second kappa shape index (κ2) is 2.98. The smallest absolute Gasteiger partial charge is 0.162 e. The van der Waals surface area contributed by atoms with Crippen LogP contribution in [-0.2, 0) is 0 Å². The van der Waals surface area contributed by atoms with Crippen molar-refractivity contribution in [1.29, 1.82) is 0 Å². The van der Waals surface area contributed by atoms with Crippen molar-refractivity contribution in [2.75, 3.05) is 12.4 Å². The molecule has 2 heterocycles. The van der Waals surface area contributed by atoms with Crippen molar-refractivity contribution in [3.63, 3.8) is 0 Å². The molecular weight excluding hydrogens is 172 g/mol. The zero-order chi connectivity index (χ0) is 8.39. The summed E-state index contributed by atoms with van der Waals surface area (Å²) in [6.07, 6.45) is 1.65. The number of hydrogen-bond acceptors (Lipinski definition) is 4. The van der Waals surface area contributed by atoms with Crippen LogP contribution in [0.25, 0.3) is 10.8 Å². The van der Waals surface area contributed by atoms with Gasteiger partial charge < -0.3 is 9.73 Å². The number of anilines is 1. The van der Waals surface area contributed by atoms with E-state index < -0.39 is 0 Å². The summed E-state index contributed by atoms with van der Waals surface area (Å²) in [5, 5.41) is 5.83. The predicted molar refractivity (Wildman–Crippen MR) is 49.4 cm³/mol. The Labute approximate surface area is 74.1 Å². The minimum atomic E-state index is 0.821. The molecule has 0 saturated carbocycles. The van der Waals surface area contributed by atoms with Crippen LogP contribution in [0.5, 0.6) is 0 Å². The molecule has 62 valence electrons. The average Bonchev–Trinajstić information content (AvgIpc) is 2.75. The number of hydrogen-bond donors (Lipinski definition) is 1. The van der Waals surface area contributed by atoms with Gasteiger partial charge in [-0.2, -0.15) is 0 Å². The molecule has 4 heteroatoms. The summed E-state index contributed by atoms with van der Waals surface area (Å²) in [4.78, 5) is 4.28. The second-order valence-electron chi connectivity index (χ2n) is 2.27. The molecule has 2 aromatic heterocycles. The van der Waals surface area contributed by atoms with Gasteiger partial charge in [0.15, 0.2) is 10.8 Å². The molecule has 0 unspecified atom stereocenters. The summed E-state index contributed by atoms with van der Waals surface area (Å²) in [6.45, 7) is 0. The van der Waals surface area contributed by atoms with Crippen LogP contribution < -0.4 is 5.32 Å². The molecule has 0 aliphatic rings. The molecule has 1 N–H and O–H groups in total. The van der Waals surface area contributed by atoms with Crippen molar-refractivity contribution in [2.24, 2.45) is 0 Å². The molecule has 0 fully saturated rings. The molecule has 0 bridgehead atoms. The molecule has 0 amide bonds. The van der Waals surface area contributed by atoms with Crippen molar-refractivity contribution in [3.8, 4) is 10.8 Å². The monoisotopic (exact) mass is 180 g/mol. The first-order valence-electron chi connectivity index (χ1n) is 3.57.